The molecule has 11 heavy (non-hydrogen) atoms. The molecule has 0 aliphatic rings. The predicted octanol–water partition coefficient (Wildman–Crippen LogP) is 2.96. The fourth-order valence-corrected chi connectivity index (χ4v) is 1.28. The van der Waals surface area contributed by atoms with E-state index in [2.05, 4.69) is 33.8 Å². The largest absolute Gasteiger partial charge is 0.303 e. The van der Waals surface area contributed by atoms with E-state index in [-0.39, 0.29) is 5.41 Å². The first-order chi connectivity index (χ1) is 4.98. The van der Waals surface area contributed by atoms with Crippen LogP contribution in [0.5, 0.6) is 0 Å². The van der Waals surface area contributed by atoms with Gasteiger partial charge in [-0.15, -0.1) is 0 Å². The average Bonchev–Trinajstić information content (AvgIpc) is 1.81. The zero-order chi connectivity index (χ0) is 8.91. The predicted molar refractivity (Wildman–Crippen MR) is 48.5 cm³/mol. The van der Waals surface area contributed by atoms with Crippen molar-refractivity contribution in [3.8, 4) is 0 Å². The zero-order valence-electron chi connectivity index (χ0n) is 7.98. The first kappa shape index (κ1) is 10.4. The van der Waals surface area contributed by atoms with Gasteiger partial charge in [0.15, 0.2) is 0 Å². The average molecular weight is 154 g/mol. The summed E-state index contributed by atoms with van der Waals surface area (Å²) in [5.74, 6) is 0. The Kier molecular flexibility index (Phi) is 4.09. The molecular weight excluding hydrogens is 136 g/mol. The third kappa shape index (κ3) is 5.84. The molecule has 1 heteroatoms. The molecule has 0 aromatic carbocycles. The molecule has 0 aromatic rings. The number of hydrogen-bond acceptors (Lipinski definition) is 1. The summed E-state index contributed by atoms with van der Waals surface area (Å²) in [7, 11) is 0. The highest BCUT2D eigenvalue weighted by atomic mass is 16.1. The lowest BCUT2D eigenvalue weighted by Gasteiger charge is -2.19. The standard InChI is InChI=1S/C10H18O/c1-9(2)8-10(3,4)6-5-7-11/h7-8H,5-6H2,1-4H3. The molecule has 0 heterocycles. The maximum atomic E-state index is 10.1. The van der Waals surface area contributed by atoms with E-state index in [9.17, 15) is 4.79 Å². The summed E-state index contributed by atoms with van der Waals surface area (Å²) >= 11 is 0. The van der Waals surface area contributed by atoms with Crippen molar-refractivity contribution in [3.63, 3.8) is 0 Å². The Hall–Kier alpha value is -0.590. The van der Waals surface area contributed by atoms with E-state index in [0.717, 1.165) is 12.7 Å². The number of carbonyl (C=O) groups excluding carboxylic acids is 1. The minimum Gasteiger partial charge on any atom is -0.303 e. The second kappa shape index (κ2) is 4.32. The van der Waals surface area contributed by atoms with Crippen LogP contribution in [0, 0.1) is 5.41 Å². The number of allylic oxidation sites excluding steroid dienone is 2. The van der Waals surface area contributed by atoms with Crippen LogP contribution in [0.15, 0.2) is 11.6 Å². The van der Waals surface area contributed by atoms with Crippen molar-refractivity contribution in [2.24, 2.45) is 5.41 Å². The van der Waals surface area contributed by atoms with Gasteiger partial charge in [-0.2, -0.15) is 0 Å². The summed E-state index contributed by atoms with van der Waals surface area (Å²) < 4.78 is 0. The monoisotopic (exact) mass is 154 g/mol. The van der Waals surface area contributed by atoms with E-state index in [1.165, 1.54) is 5.57 Å². The molecule has 0 saturated carbocycles. The fourth-order valence-electron chi connectivity index (χ4n) is 1.28. The Morgan fingerprint density at radius 2 is 1.91 bits per heavy atom. The molecule has 64 valence electrons. The molecule has 0 aromatic heterocycles. The summed E-state index contributed by atoms with van der Waals surface area (Å²) in [6.07, 6.45) is 4.82. The first-order valence-corrected chi connectivity index (χ1v) is 4.07. The Labute approximate surface area is 69.5 Å². The molecule has 0 N–H and O–H groups in total. The minimum absolute atomic E-state index is 0.180. The van der Waals surface area contributed by atoms with Crippen LogP contribution >= 0.6 is 0 Å². The maximum Gasteiger partial charge on any atom is 0.120 e. The molecule has 0 amide bonds. The Morgan fingerprint density at radius 1 is 1.36 bits per heavy atom. The third-order valence-corrected chi connectivity index (χ3v) is 1.59. The molecule has 0 aliphatic carbocycles. The second-order valence-corrected chi connectivity index (χ2v) is 3.92. The highest BCUT2D eigenvalue weighted by molar-refractivity contribution is 5.49. The zero-order valence-corrected chi connectivity index (χ0v) is 7.98. The molecule has 0 radical (unpaired) electrons. The van der Waals surface area contributed by atoms with Crippen LogP contribution in [0.3, 0.4) is 0 Å². The lowest BCUT2D eigenvalue weighted by atomic mass is 9.86. The summed E-state index contributed by atoms with van der Waals surface area (Å²) in [5, 5.41) is 0. The van der Waals surface area contributed by atoms with Crippen LogP contribution < -0.4 is 0 Å². The Balaban J connectivity index is 3.99. The quantitative estimate of drug-likeness (QED) is 0.449. The van der Waals surface area contributed by atoms with E-state index in [0.29, 0.717) is 6.42 Å². The van der Waals surface area contributed by atoms with E-state index < -0.39 is 0 Å². The van der Waals surface area contributed by atoms with Crippen molar-refractivity contribution in [2.75, 3.05) is 0 Å². The molecule has 0 bridgehead atoms. The van der Waals surface area contributed by atoms with Gasteiger partial charge in [0.25, 0.3) is 0 Å². The molecule has 0 unspecified atom stereocenters. The van der Waals surface area contributed by atoms with Gasteiger partial charge in [-0.25, -0.2) is 0 Å². The summed E-state index contributed by atoms with van der Waals surface area (Å²) in [4.78, 5) is 10.1. The molecule has 1 nitrogen and oxygen atoms in total. The highest BCUT2D eigenvalue weighted by Crippen LogP contribution is 2.24. The lowest BCUT2D eigenvalue weighted by Crippen LogP contribution is -2.07. The van der Waals surface area contributed by atoms with Gasteiger partial charge >= 0.3 is 0 Å². The number of hydrogen-bond donors (Lipinski definition) is 0. The SMILES string of the molecule is CC(C)=CC(C)(C)CCC=O. The smallest absolute Gasteiger partial charge is 0.120 e. The van der Waals surface area contributed by atoms with Gasteiger partial charge in [0, 0.05) is 6.42 Å². The number of aldehydes is 1. The lowest BCUT2D eigenvalue weighted by molar-refractivity contribution is -0.108. The van der Waals surface area contributed by atoms with Gasteiger partial charge in [0.1, 0.15) is 6.29 Å². The highest BCUT2D eigenvalue weighted by Gasteiger charge is 2.12. The third-order valence-electron chi connectivity index (χ3n) is 1.59. The van der Waals surface area contributed by atoms with Gasteiger partial charge in [-0.1, -0.05) is 25.5 Å². The van der Waals surface area contributed by atoms with Crippen molar-refractivity contribution in [1.29, 1.82) is 0 Å². The van der Waals surface area contributed by atoms with Gasteiger partial charge in [0.2, 0.25) is 0 Å². The molecule has 0 saturated heterocycles. The molecule has 0 rings (SSSR count). The minimum atomic E-state index is 0.180. The van der Waals surface area contributed by atoms with Gasteiger partial charge in [-0.05, 0) is 25.7 Å². The van der Waals surface area contributed by atoms with Gasteiger partial charge in [-0.3, -0.25) is 0 Å². The van der Waals surface area contributed by atoms with E-state index >= 15 is 0 Å². The molecular formula is C10H18O. The van der Waals surface area contributed by atoms with E-state index in [1.54, 1.807) is 0 Å². The molecule has 0 aliphatic heterocycles. The number of carbonyl (C=O) groups is 1. The van der Waals surface area contributed by atoms with Crippen molar-refractivity contribution in [3.05, 3.63) is 11.6 Å². The molecule has 0 atom stereocenters. The Morgan fingerprint density at radius 3 is 2.27 bits per heavy atom. The first-order valence-electron chi connectivity index (χ1n) is 4.07. The molecule has 0 fully saturated rings. The fraction of sp³-hybridized carbons (Fsp3) is 0.700. The van der Waals surface area contributed by atoms with Crippen molar-refractivity contribution < 1.29 is 4.79 Å². The summed E-state index contributed by atoms with van der Waals surface area (Å²) in [6, 6.07) is 0. The topological polar surface area (TPSA) is 17.1 Å². The van der Waals surface area contributed by atoms with Crippen LogP contribution in [0.4, 0.5) is 0 Å². The van der Waals surface area contributed by atoms with Crippen LogP contribution in [0.1, 0.15) is 40.5 Å². The normalized spacial score (nSPS) is 10.9. The maximum absolute atomic E-state index is 10.1. The van der Waals surface area contributed by atoms with Crippen molar-refractivity contribution >= 4 is 6.29 Å². The van der Waals surface area contributed by atoms with Crippen molar-refractivity contribution in [1.82, 2.24) is 0 Å². The summed E-state index contributed by atoms with van der Waals surface area (Å²) in [6.45, 7) is 8.48. The van der Waals surface area contributed by atoms with Crippen LogP contribution in [0.2, 0.25) is 0 Å². The number of rotatable bonds is 4. The van der Waals surface area contributed by atoms with Gasteiger partial charge < -0.3 is 4.79 Å². The Bertz CT molecular complexity index is 150. The second-order valence-electron chi connectivity index (χ2n) is 3.92. The van der Waals surface area contributed by atoms with Gasteiger partial charge in [0.05, 0.1) is 0 Å². The van der Waals surface area contributed by atoms with Crippen LogP contribution in [-0.4, -0.2) is 6.29 Å². The van der Waals surface area contributed by atoms with Crippen LogP contribution in [-0.2, 0) is 4.79 Å². The van der Waals surface area contributed by atoms with E-state index in [1.807, 2.05) is 0 Å². The summed E-state index contributed by atoms with van der Waals surface area (Å²) in [5.41, 5.74) is 1.50. The van der Waals surface area contributed by atoms with Crippen LogP contribution in [0.25, 0.3) is 0 Å². The molecule has 0 spiro atoms. The van der Waals surface area contributed by atoms with E-state index in [4.69, 9.17) is 0 Å². The van der Waals surface area contributed by atoms with Crippen molar-refractivity contribution in [2.45, 2.75) is 40.5 Å².